The first-order valence-corrected chi connectivity index (χ1v) is 5.45. The molecule has 0 saturated heterocycles. The Kier molecular flexibility index (Phi) is 2.55. The summed E-state index contributed by atoms with van der Waals surface area (Å²) in [7, 11) is 0. The Hall–Kier alpha value is -1.28. The fourth-order valence-corrected chi connectivity index (χ4v) is 2.34. The maximum absolute atomic E-state index is 5.63. The van der Waals surface area contributed by atoms with Crippen LogP contribution in [0.4, 0.5) is 5.69 Å². The molecule has 72 valence electrons. The van der Waals surface area contributed by atoms with E-state index in [1.807, 2.05) is 23.5 Å². The van der Waals surface area contributed by atoms with E-state index in [4.69, 9.17) is 5.73 Å². The largest absolute Gasteiger partial charge is 0.399 e. The van der Waals surface area contributed by atoms with Gasteiger partial charge in [-0.15, -0.1) is 11.3 Å². The second-order valence-corrected chi connectivity index (χ2v) is 4.80. The maximum atomic E-state index is 5.63. The van der Waals surface area contributed by atoms with Crippen molar-refractivity contribution < 1.29 is 0 Å². The van der Waals surface area contributed by atoms with Gasteiger partial charge in [-0.1, -0.05) is 12.1 Å². The van der Waals surface area contributed by atoms with Crippen LogP contribution < -0.4 is 5.73 Å². The Bertz CT molecular complexity index is 414. The Morgan fingerprint density at radius 2 is 1.79 bits per heavy atom. The minimum atomic E-state index is 0.830. The Balaban J connectivity index is 2.15. The minimum absolute atomic E-state index is 0.830. The third-order valence-corrected chi connectivity index (χ3v) is 3.15. The van der Waals surface area contributed by atoms with Gasteiger partial charge in [-0.2, -0.15) is 0 Å². The zero-order valence-corrected chi connectivity index (χ0v) is 8.97. The molecule has 0 unspecified atom stereocenters. The third kappa shape index (κ3) is 2.15. The molecule has 0 saturated carbocycles. The molecule has 14 heavy (non-hydrogen) atoms. The quantitative estimate of drug-likeness (QED) is 0.745. The van der Waals surface area contributed by atoms with Crippen LogP contribution in [0.5, 0.6) is 0 Å². The number of hydrogen-bond donors (Lipinski definition) is 1. The smallest absolute Gasteiger partial charge is 0.0314 e. The summed E-state index contributed by atoms with van der Waals surface area (Å²) in [5, 5.41) is 0. The number of thiophene rings is 1. The van der Waals surface area contributed by atoms with Gasteiger partial charge in [-0.05, 0) is 36.8 Å². The summed E-state index contributed by atoms with van der Waals surface area (Å²) in [4.78, 5) is 2.78. The summed E-state index contributed by atoms with van der Waals surface area (Å²) in [5.74, 6) is 0. The van der Waals surface area contributed by atoms with Crippen LogP contribution in [0.3, 0.4) is 0 Å². The van der Waals surface area contributed by atoms with Gasteiger partial charge in [0.2, 0.25) is 0 Å². The predicted octanol–water partition coefficient (Wildman–Crippen LogP) is 3.23. The van der Waals surface area contributed by atoms with Crippen molar-refractivity contribution in [1.82, 2.24) is 0 Å². The SMILES string of the molecule is Cc1ccc(Cc2ccc(N)cc2)s1. The standard InChI is InChI=1S/C12H13NS/c1-9-2-7-12(14-9)8-10-3-5-11(13)6-4-10/h2-7H,8,13H2,1H3. The molecule has 2 N–H and O–H groups in total. The predicted molar refractivity (Wildman–Crippen MR) is 62.7 cm³/mol. The van der Waals surface area contributed by atoms with Crippen molar-refractivity contribution in [2.45, 2.75) is 13.3 Å². The zero-order chi connectivity index (χ0) is 9.97. The molecule has 2 aromatic rings. The van der Waals surface area contributed by atoms with Gasteiger partial charge < -0.3 is 5.73 Å². The van der Waals surface area contributed by atoms with Crippen molar-refractivity contribution >= 4 is 17.0 Å². The summed E-state index contributed by atoms with van der Waals surface area (Å²) in [6.45, 7) is 2.14. The fraction of sp³-hybridized carbons (Fsp3) is 0.167. The lowest BCUT2D eigenvalue weighted by Gasteiger charge is -1.99. The normalized spacial score (nSPS) is 10.4. The maximum Gasteiger partial charge on any atom is 0.0314 e. The van der Waals surface area contributed by atoms with Crippen LogP contribution in [0.15, 0.2) is 36.4 Å². The van der Waals surface area contributed by atoms with Crippen molar-refractivity contribution in [2.75, 3.05) is 5.73 Å². The van der Waals surface area contributed by atoms with Crippen LogP contribution in [0.1, 0.15) is 15.3 Å². The number of rotatable bonds is 2. The first kappa shape index (κ1) is 9.28. The first-order valence-electron chi connectivity index (χ1n) is 4.64. The number of benzene rings is 1. The van der Waals surface area contributed by atoms with E-state index >= 15 is 0 Å². The van der Waals surface area contributed by atoms with E-state index in [0.29, 0.717) is 0 Å². The van der Waals surface area contributed by atoms with E-state index in [0.717, 1.165) is 12.1 Å². The van der Waals surface area contributed by atoms with Crippen LogP contribution in [0.25, 0.3) is 0 Å². The summed E-state index contributed by atoms with van der Waals surface area (Å²) in [6.07, 6.45) is 1.01. The highest BCUT2D eigenvalue weighted by Gasteiger charge is 1.98. The van der Waals surface area contributed by atoms with E-state index in [-0.39, 0.29) is 0 Å². The average Bonchev–Trinajstić information content (AvgIpc) is 2.56. The van der Waals surface area contributed by atoms with E-state index in [9.17, 15) is 0 Å². The topological polar surface area (TPSA) is 26.0 Å². The monoisotopic (exact) mass is 203 g/mol. The van der Waals surface area contributed by atoms with Crippen LogP contribution >= 0.6 is 11.3 Å². The molecule has 2 rings (SSSR count). The van der Waals surface area contributed by atoms with Gasteiger partial charge in [0.05, 0.1) is 0 Å². The van der Waals surface area contributed by atoms with Gasteiger partial charge >= 0.3 is 0 Å². The van der Waals surface area contributed by atoms with Crippen molar-refractivity contribution in [3.63, 3.8) is 0 Å². The summed E-state index contributed by atoms with van der Waals surface area (Å²) < 4.78 is 0. The molecular weight excluding hydrogens is 190 g/mol. The van der Waals surface area contributed by atoms with Crippen molar-refractivity contribution in [3.05, 3.63) is 51.7 Å². The molecule has 0 bridgehead atoms. The van der Waals surface area contributed by atoms with Gasteiger partial charge in [0.15, 0.2) is 0 Å². The number of nitrogen functional groups attached to an aromatic ring is 1. The lowest BCUT2D eigenvalue weighted by Crippen LogP contribution is -1.87. The van der Waals surface area contributed by atoms with E-state index < -0.39 is 0 Å². The first-order chi connectivity index (χ1) is 6.74. The van der Waals surface area contributed by atoms with E-state index in [1.54, 1.807) is 0 Å². The molecule has 0 radical (unpaired) electrons. The van der Waals surface area contributed by atoms with Crippen LogP contribution in [0, 0.1) is 6.92 Å². The lowest BCUT2D eigenvalue weighted by atomic mass is 10.1. The molecule has 0 aliphatic rings. The number of aryl methyl sites for hydroxylation is 1. The molecule has 1 aromatic heterocycles. The highest BCUT2D eigenvalue weighted by molar-refractivity contribution is 7.11. The van der Waals surface area contributed by atoms with Gasteiger partial charge in [0, 0.05) is 21.9 Å². The summed E-state index contributed by atoms with van der Waals surface area (Å²) in [6, 6.07) is 12.4. The van der Waals surface area contributed by atoms with Gasteiger partial charge in [-0.3, -0.25) is 0 Å². The van der Waals surface area contributed by atoms with Crippen LogP contribution in [0.2, 0.25) is 0 Å². The summed E-state index contributed by atoms with van der Waals surface area (Å²) in [5.41, 5.74) is 7.78. The molecule has 0 aliphatic heterocycles. The van der Waals surface area contributed by atoms with Crippen molar-refractivity contribution in [2.24, 2.45) is 0 Å². The molecule has 0 spiro atoms. The molecule has 1 aromatic carbocycles. The van der Waals surface area contributed by atoms with Gasteiger partial charge in [0.1, 0.15) is 0 Å². The molecule has 0 aliphatic carbocycles. The third-order valence-electron chi connectivity index (χ3n) is 2.15. The molecule has 1 nitrogen and oxygen atoms in total. The Morgan fingerprint density at radius 3 is 2.36 bits per heavy atom. The van der Waals surface area contributed by atoms with E-state index in [1.165, 1.54) is 15.3 Å². The van der Waals surface area contributed by atoms with Crippen molar-refractivity contribution in [1.29, 1.82) is 0 Å². The molecule has 2 heteroatoms. The zero-order valence-electron chi connectivity index (χ0n) is 8.16. The number of anilines is 1. The van der Waals surface area contributed by atoms with Crippen LogP contribution in [-0.4, -0.2) is 0 Å². The Labute approximate surface area is 88.2 Å². The van der Waals surface area contributed by atoms with Crippen molar-refractivity contribution in [3.8, 4) is 0 Å². The Morgan fingerprint density at radius 1 is 1.07 bits per heavy atom. The number of hydrogen-bond acceptors (Lipinski definition) is 2. The summed E-state index contributed by atoms with van der Waals surface area (Å²) >= 11 is 1.86. The van der Waals surface area contributed by atoms with Gasteiger partial charge in [0.25, 0.3) is 0 Å². The second kappa shape index (κ2) is 3.84. The molecule has 0 amide bonds. The molecule has 1 heterocycles. The fourth-order valence-electron chi connectivity index (χ4n) is 1.42. The highest BCUT2D eigenvalue weighted by atomic mass is 32.1. The van der Waals surface area contributed by atoms with E-state index in [2.05, 4.69) is 31.2 Å². The molecule has 0 atom stereocenters. The second-order valence-electron chi connectivity index (χ2n) is 3.43. The molecular formula is C12H13NS. The van der Waals surface area contributed by atoms with Crippen LogP contribution in [-0.2, 0) is 6.42 Å². The van der Waals surface area contributed by atoms with Gasteiger partial charge in [-0.25, -0.2) is 0 Å². The average molecular weight is 203 g/mol. The number of nitrogens with two attached hydrogens (primary N) is 1. The highest BCUT2D eigenvalue weighted by Crippen LogP contribution is 2.19. The minimum Gasteiger partial charge on any atom is -0.399 e. The molecule has 0 fully saturated rings. The lowest BCUT2D eigenvalue weighted by molar-refractivity contribution is 1.24.